The molecular formula is C14H19N3O. The number of nitrogen functional groups attached to an aromatic ring is 1. The summed E-state index contributed by atoms with van der Waals surface area (Å²) in [5.74, 6) is 1.41. The van der Waals surface area contributed by atoms with E-state index in [-0.39, 0.29) is 0 Å². The summed E-state index contributed by atoms with van der Waals surface area (Å²) in [4.78, 5) is 0. The molecule has 0 aliphatic carbocycles. The first-order valence-electron chi connectivity index (χ1n) is 5.90. The summed E-state index contributed by atoms with van der Waals surface area (Å²) in [5.41, 5.74) is 11.3. The maximum Gasteiger partial charge on any atom is 0.149 e. The van der Waals surface area contributed by atoms with E-state index < -0.39 is 0 Å². The molecule has 0 bridgehead atoms. The first-order valence-corrected chi connectivity index (χ1v) is 5.90. The van der Waals surface area contributed by atoms with E-state index in [1.807, 2.05) is 20.0 Å². The summed E-state index contributed by atoms with van der Waals surface area (Å²) < 4.78 is 7.28. The molecule has 1 aromatic carbocycles. The van der Waals surface area contributed by atoms with Gasteiger partial charge in [-0.05, 0) is 44.0 Å². The number of hydrogen-bond donors (Lipinski definition) is 1. The number of aromatic nitrogens is 2. The van der Waals surface area contributed by atoms with Crippen LogP contribution in [0.2, 0.25) is 0 Å². The molecule has 1 heterocycles. The third kappa shape index (κ3) is 1.83. The summed E-state index contributed by atoms with van der Waals surface area (Å²) in [6.07, 6.45) is 0. The van der Waals surface area contributed by atoms with E-state index >= 15 is 0 Å². The summed E-state index contributed by atoms with van der Waals surface area (Å²) in [6, 6.07) is 4.17. The molecule has 0 saturated carbocycles. The molecule has 18 heavy (non-hydrogen) atoms. The van der Waals surface area contributed by atoms with Gasteiger partial charge in [0.25, 0.3) is 0 Å². The fourth-order valence-corrected chi connectivity index (χ4v) is 2.17. The number of nitrogens with zero attached hydrogens (tertiary/aromatic N) is 2. The average Bonchev–Trinajstić information content (AvgIpc) is 2.57. The first kappa shape index (κ1) is 12.5. The predicted octanol–water partition coefficient (Wildman–Crippen LogP) is 2.60. The Morgan fingerprint density at radius 1 is 1.17 bits per heavy atom. The van der Waals surface area contributed by atoms with Crippen LogP contribution in [-0.4, -0.2) is 16.9 Å². The Morgan fingerprint density at radius 2 is 1.78 bits per heavy atom. The van der Waals surface area contributed by atoms with Gasteiger partial charge in [-0.2, -0.15) is 5.10 Å². The summed E-state index contributed by atoms with van der Waals surface area (Å²) in [6.45, 7) is 6.14. The lowest BCUT2D eigenvalue weighted by atomic mass is 10.0. The van der Waals surface area contributed by atoms with Gasteiger partial charge in [0.2, 0.25) is 0 Å². The number of aryl methyl sites for hydroxylation is 3. The van der Waals surface area contributed by atoms with E-state index in [4.69, 9.17) is 10.5 Å². The van der Waals surface area contributed by atoms with Crippen molar-refractivity contribution in [2.75, 3.05) is 12.8 Å². The van der Waals surface area contributed by atoms with Crippen molar-refractivity contribution in [2.24, 2.45) is 7.05 Å². The van der Waals surface area contributed by atoms with Gasteiger partial charge in [0.05, 0.1) is 12.8 Å². The molecular weight excluding hydrogens is 226 g/mol. The molecule has 0 aliphatic rings. The number of benzene rings is 1. The molecule has 2 rings (SSSR count). The zero-order valence-electron chi connectivity index (χ0n) is 11.5. The molecule has 0 spiro atoms. The molecule has 0 amide bonds. The van der Waals surface area contributed by atoms with E-state index in [1.165, 1.54) is 11.1 Å². The molecule has 0 aliphatic heterocycles. The molecule has 0 radical (unpaired) electrons. The second-order valence-corrected chi connectivity index (χ2v) is 4.62. The van der Waals surface area contributed by atoms with Crippen molar-refractivity contribution in [3.63, 3.8) is 0 Å². The highest BCUT2D eigenvalue weighted by Crippen LogP contribution is 2.35. The van der Waals surface area contributed by atoms with Crippen LogP contribution in [0.1, 0.15) is 16.7 Å². The normalized spacial score (nSPS) is 10.7. The van der Waals surface area contributed by atoms with Gasteiger partial charge in [-0.1, -0.05) is 0 Å². The smallest absolute Gasteiger partial charge is 0.149 e. The predicted molar refractivity (Wildman–Crippen MR) is 73.8 cm³/mol. The fraction of sp³-hybridized carbons (Fsp3) is 0.357. The minimum Gasteiger partial charge on any atom is -0.496 e. The lowest BCUT2D eigenvalue weighted by molar-refractivity contribution is 0.415. The minimum absolute atomic E-state index is 0.563. The van der Waals surface area contributed by atoms with Crippen molar-refractivity contribution >= 4 is 5.82 Å². The SMILES string of the molecule is COc1cc(C)c(C)cc1-c1c(C)c(N)nn1C. The third-order valence-corrected chi connectivity index (χ3v) is 3.39. The number of hydrogen-bond acceptors (Lipinski definition) is 3. The van der Waals surface area contributed by atoms with Gasteiger partial charge in [-0.15, -0.1) is 0 Å². The van der Waals surface area contributed by atoms with Crippen molar-refractivity contribution < 1.29 is 4.74 Å². The summed E-state index contributed by atoms with van der Waals surface area (Å²) in [5, 5.41) is 4.25. The molecule has 0 atom stereocenters. The highest BCUT2D eigenvalue weighted by atomic mass is 16.5. The first-order chi connectivity index (χ1) is 8.45. The lowest BCUT2D eigenvalue weighted by Crippen LogP contribution is -1.98. The topological polar surface area (TPSA) is 53.1 Å². The van der Waals surface area contributed by atoms with Crippen molar-refractivity contribution in [3.8, 4) is 17.0 Å². The van der Waals surface area contributed by atoms with Crippen LogP contribution < -0.4 is 10.5 Å². The fourth-order valence-electron chi connectivity index (χ4n) is 2.17. The van der Waals surface area contributed by atoms with E-state index in [2.05, 4.69) is 25.0 Å². The molecule has 96 valence electrons. The zero-order valence-corrected chi connectivity index (χ0v) is 11.5. The molecule has 1 aromatic heterocycles. The Labute approximate surface area is 107 Å². The van der Waals surface area contributed by atoms with E-state index in [0.717, 1.165) is 22.6 Å². The maximum absolute atomic E-state index is 5.87. The highest BCUT2D eigenvalue weighted by Gasteiger charge is 2.16. The van der Waals surface area contributed by atoms with Gasteiger partial charge in [0, 0.05) is 18.2 Å². The molecule has 2 N–H and O–H groups in total. The minimum atomic E-state index is 0.563. The Hall–Kier alpha value is -1.97. The quantitative estimate of drug-likeness (QED) is 0.884. The van der Waals surface area contributed by atoms with Crippen molar-refractivity contribution in [1.82, 2.24) is 9.78 Å². The second-order valence-electron chi connectivity index (χ2n) is 4.62. The second kappa shape index (κ2) is 4.37. The van der Waals surface area contributed by atoms with Gasteiger partial charge in [0.1, 0.15) is 11.6 Å². The number of nitrogens with two attached hydrogens (primary N) is 1. The molecule has 4 nitrogen and oxygen atoms in total. The number of ether oxygens (including phenoxy) is 1. The van der Waals surface area contributed by atoms with E-state index in [0.29, 0.717) is 5.82 Å². The Bertz CT molecular complexity index is 600. The highest BCUT2D eigenvalue weighted by molar-refractivity contribution is 5.74. The third-order valence-electron chi connectivity index (χ3n) is 3.39. The number of anilines is 1. The number of methoxy groups -OCH3 is 1. The van der Waals surface area contributed by atoms with Crippen LogP contribution in [0.15, 0.2) is 12.1 Å². The lowest BCUT2D eigenvalue weighted by Gasteiger charge is -2.13. The summed E-state index contributed by atoms with van der Waals surface area (Å²) >= 11 is 0. The van der Waals surface area contributed by atoms with Crippen molar-refractivity contribution in [3.05, 3.63) is 28.8 Å². The van der Waals surface area contributed by atoms with Crippen molar-refractivity contribution in [2.45, 2.75) is 20.8 Å². The Kier molecular flexibility index (Phi) is 3.03. The number of rotatable bonds is 2. The maximum atomic E-state index is 5.87. The summed E-state index contributed by atoms with van der Waals surface area (Å²) in [7, 11) is 3.58. The van der Waals surface area contributed by atoms with Crippen LogP contribution in [0.25, 0.3) is 11.3 Å². The molecule has 2 aromatic rings. The van der Waals surface area contributed by atoms with E-state index in [9.17, 15) is 0 Å². The molecule has 0 saturated heterocycles. The average molecular weight is 245 g/mol. The molecule has 4 heteroatoms. The van der Waals surface area contributed by atoms with Crippen LogP contribution in [0.4, 0.5) is 5.82 Å². The van der Waals surface area contributed by atoms with Gasteiger partial charge < -0.3 is 10.5 Å². The van der Waals surface area contributed by atoms with Gasteiger partial charge in [-0.3, -0.25) is 4.68 Å². The van der Waals surface area contributed by atoms with Gasteiger partial charge >= 0.3 is 0 Å². The zero-order chi connectivity index (χ0) is 13.4. The monoisotopic (exact) mass is 245 g/mol. The largest absolute Gasteiger partial charge is 0.496 e. The van der Waals surface area contributed by atoms with E-state index in [1.54, 1.807) is 11.8 Å². The standard InChI is InChI=1S/C14H19N3O/c1-8-6-11(12(18-5)7-9(8)2)13-10(3)14(15)16-17(13)4/h6-7H,1-5H3,(H2,15,16). The van der Waals surface area contributed by atoms with Crippen LogP contribution in [-0.2, 0) is 7.05 Å². The van der Waals surface area contributed by atoms with Crippen LogP contribution >= 0.6 is 0 Å². The van der Waals surface area contributed by atoms with Crippen LogP contribution in [0.5, 0.6) is 5.75 Å². The van der Waals surface area contributed by atoms with Gasteiger partial charge in [-0.25, -0.2) is 0 Å². The van der Waals surface area contributed by atoms with Crippen LogP contribution in [0.3, 0.4) is 0 Å². The Morgan fingerprint density at radius 3 is 2.28 bits per heavy atom. The van der Waals surface area contributed by atoms with Gasteiger partial charge in [0.15, 0.2) is 0 Å². The molecule has 0 fully saturated rings. The van der Waals surface area contributed by atoms with Crippen LogP contribution in [0, 0.1) is 20.8 Å². The Balaban J connectivity index is 2.74. The molecule has 0 unspecified atom stereocenters. The van der Waals surface area contributed by atoms with Crippen molar-refractivity contribution in [1.29, 1.82) is 0 Å².